The molecule has 2 aromatic rings. The minimum atomic E-state index is 0.305. The van der Waals surface area contributed by atoms with E-state index in [1.54, 1.807) is 11.3 Å². The highest BCUT2D eigenvalue weighted by atomic mass is 32.1. The first kappa shape index (κ1) is 14.1. The Morgan fingerprint density at radius 1 is 1.16 bits per heavy atom. The monoisotopic (exact) mass is 274 g/mol. The first-order valence-corrected chi connectivity index (χ1v) is 7.54. The molecule has 1 heterocycles. The maximum atomic E-state index is 4.68. The molecule has 2 rings (SSSR count). The lowest BCUT2D eigenvalue weighted by Crippen LogP contribution is -2.09. The number of aryl methyl sites for hydroxylation is 1. The molecule has 0 radical (unpaired) electrons. The van der Waals surface area contributed by atoms with Crippen LogP contribution < -0.4 is 5.32 Å². The van der Waals surface area contributed by atoms with Crippen molar-refractivity contribution in [3.8, 4) is 0 Å². The van der Waals surface area contributed by atoms with Crippen LogP contribution in [0.2, 0.25) is 0 Å². The van der Waals surface area contributed by atoms with E-state index in [0.29, 0.717) is 5.41 Å². The summed E-state index contributed by atoms with van der Waals surface area (Å²) in [6.45, 7) is 9.64. The fraction of sp³-hybridized carbons (Fsp3) is 0.438. The second kappa shape index (κ2) is 5.74. The van der Waals surface area contributed by atoms with Gasteiger partial charge in [0.05, 0.1) is 17.2 Å². The highest BCUT2D eigenvalue weighted by molar-refractivity contribution is 7.09. The summed E-state index contributed by atoms with van der Waals surface area (Å²) >= 11 is 1.76. The van der Waals surface area contributed by atoms with Crippen LogP contribution in [0.1, 0.15) is 37.0 Å². The minimum absolute atomic E-state index is 0.305. The van der Waals surface area contributed by atoms with Gasteiger partial charge in [-0.15, -0.1) is 11.3 Å². The van der Waals surface area contributed by atoms with Crippen LogP contribution in [0.25, 0.3) is 0 Å². The Kier molecular flexibility index (Phi) is 4.25. The van der Waals surface area contributed by atoms with Crippen LogP contribution in [0.5, 0.6) is 0 Å². The minimum Gasteiger partial charge on any atom is -0.379 e. The Labute approximate surface area is 119 Å². The second-order valence-corrected chi connectivity index (χ2v) is 7.13. The number of nitrogens with zero attached hydrogens (tertiary/aromatic N) is 1. The molecule has 0 aliphatic carbocycles. The molecule has 0 saturated carbocycles. The molecule has 0 aliphatic rings. The fourth-order valence-electron chi connectivity index (χ4n) is 1.83. The number of anilines is 1. The molecule has 0 unspecified atom stereocenters. The van der Waals surface area contributed by atoms with Crippen LogP contribution in [0.3, 0.4) is 0 Å². The van der Waals surface area contributed by atoms with Crippen LogP contribution in [-0.4, -0.2) is 4.98 Å². The highest BCUT2D eigenvalue weighted by Crippen LogP contribution is 2.23. The standard InChI is InChI=1S/C16H22N2S/c1-12-5-7-13(8-6-12)17-10-14-11-19-15(18-14)9-16(2,3)4/h5-8,11,17H,9-10H2,1-4H3. The second-order valence-electron chi connectivity index (χ2n) is 6.19. The largest absolute Gasteiger partial charge is 0.379 e. The molecule has 3 heteroatoms. The van der Waals surface area contributed by atoms with Crippen molar-refractivity contribution in [1.29, 1.82) is 0 Å². The van der Waals surface area contributed by atoms with E-state index in [0.717, 1.165) is 24.3 Å². The van der Waals surface area contributed by atoms with E-state index in [2.05, 4.69) is 67.6 Å². The van der Waals surface area contributed by atoms with Crippen molar-refractivity contribution in [2.24, 2.45) is 5.41 Å². The molecule has 0 amide bonds. The van der Waals surface area contributed by atoms with Crippen molar-refractivity contribution in [2.75, 3.05) is 5.32 Å². The van der Waals surface area contributed by atoms with Gasteiger partial charge in [0, 0.05) is 17.5 Å². The van der Waals surface area contributed by atoms with Gasteiger partial charge in [-0.25, -0.2) is 4.98 Å². The molecule has 0 bridgehead atoms. The van der Waals surface area contributed by atoms with Gasteiger partial charge in [-0.1, -0.05) is 38.5 Å². The zero-order valence-corrected chi connectivity index (χ0v) is 13.0. The molecule has 2 nitrogen and oxygen atoms in total. The molecule has 0 aliphatic heterocycles. The normalized spacial score (nSPS) is 11.6. The van der Waals surface area contributed by atoms with Crippen molar-refractivity contribution in [3.63, 3.8) is 0 Å². The van der Waals surface area contributed by atoms with E-state index >= 15 is 0 Å². The van der Waals surface area contributed by atoms with Crippen LogP contribution >= 0.6 is 11.3 Å². The Morgan fingerprint density at radius 3 is 2.47 bits per heavy atom. The van der Waals surface area contributed by atoms with Crippen LogP contribution in [0, 0.1) is 12.3 Å². The lowest BCUT2D eigenvalue weighted by molar-refractivity contribution is 0.410. The predicted molar refractivity (Wildman–Crippen MR) is 83.8 cm³/mol. The smallest absolute Gasteiger partial charge is 0.0934 e. The Balaban J connectivity index is 1.91. The molecular weight excluding hydrogens is 252 g/mol. The molecule has 1 N–H and O–H groups in total. The maximum Gasteiger partial charge on any atom is 0.0934 e. The average molecular weight is 274 g/mol. The van der Waals surface area contributed by atoms with Crippen molar-refractivity contribution < 1.29 is 0 Å². The van der Waals surface area contributed by atoms with E-state index in [-0.39, 0.29) is 0 Å². The van der Waals surface area contributed by atoms with Gasteiger partial charge in [0.1, 0.15) is 0 Å². The Bertz CT molecular complexity index is 520. The van der Waals surface area contributed by atoms with E-state index in [1.165, 1.54) is 10.6 Å². The molecule has 0 fully saturated rings. The maximum absolute atomic E-state index is 4.68. The van der Waals surface area contributed by atoms with Gasteiger partial charge in [0.2, 0.25) is 0 Å². The molecule has 102 valence electrons. The van der Waals surface area contributed by atoms with Crippen molar-refractivity contribution in [3.05, 3.63) is 45.9 Å². The zero-order chi connectivity index (χ0) is 13.9. The number of rotatable bonds is 4. The summed E-state index contributed by atoms with van der Waals surface area (Å²) in [5.74, 6) is 0. The molecule has 0 saturated heterocycles. The summed E-state index contributed by atoms with van der Waals surface area (Å²) in [5, 5.41) is 6.79. The molecule has 19 heavy (non-hydrogen) atoms. The van der Waals surface area contributed by atoms with Crippen molar-refractivity contribution in [1.82, 2.24) is 4.98 Å². The lowest BCUT2D eigenvalue weighted by Gasteiger charge is -2.15. The number of benzene rings is 1. The van der Waals surface area contributed by atoms with Crippen molar-refractivity contribution in [2.45, 2.75) is 40.7 Å². The van der Waals surface area contributed by atoms with Gasteiger partial charge >= 0.3 is 0 Å². The van der Waals surface area contributed by atoms with Gasteiger partial charge < -0.3 is 5.32 Å². The SMILES string of the molecule is Cc1ccc(NCc2csc(CC(C)(C)C)n2)cc1. The van der Waals surface area contributed by atoms with Crippen LogP contribution in [0.4, 0.5) is 5.69 Å². The van der Waals surface area contributed by atoms with Crippen LogP contribution in [-0.2, 0) is 13.0 Å². The van der Waals surface area contributed by atoms with Gasteiger partial charge in [-0.05, 0) is 24.5 Å². The summed E-state index contributed by atoms with van der Waals surface area (Å²) in [6.07, 6.45) is 1.04. The zero-order valence-electron chi connectivity index (χ0n) is 12.2. The van der Waals surface area contributed by atoms with E-state index < -0.39 is 0 Å². The third-order valence-corrected chi connectivity index (χ3v) is 3.70. The summed E-state index contributed by atoms with van der Waals surface area (Å²) in [4.78, 5) is 4.68. The third-order valence-electron chi connectivity index (χ3n) is 2.81. The summed E-state index contributed by atoms with van der Waals surface area (Å²) in [7, 11) is 0. The molecular formula is C16H22N2S. The first-order chi connectivity index (χ1) is 8.92. The Morgan fingerprint density at radius 2 is 1.84 bits per heavy atom. The number of nitrogens with one attached hydrogen (secondary N) is 1. The Hall–Kier alpha value is -1.35. The van der Waals surface area contributed by atoms with Crippen molar-refractivity contribution >= 4 is 17.0 Å². The van der Waals surface area contributed by atoms with Gasteiger partial charge in [-0.2, -0.15) is 0 Å². The topological polar surface area (TPSA) is 24.9 Å². The van der Waals surface area contributed by atoms with Gasteiger partial charge in [0.25, 0.3) is 0 Å². The van der Waals surface area contributed by atoms with Crippen LogP contribution in [0.15, 0.2) is 29.6 Å². The van der Waals surface area contributed by atoms with E-state index in [9.17, 15) is 0 Å². The average Bonchev–Trinajstić information content (AvgIpc) is 2.73. The lowest BCUT2D eigenvalue weighted by atomic mass is 9.93. The molecule has 0 spiro atoms. The van der Waals surface area contributed by atoms with Gasteiger partial charge in [0.15, 0.2) is 0 Å². The molecule has 1 aromatic heterocycles. The number of hydrogen-bond acceptors (Lipinski definition) is 3. The number of hydrogen-bond donors (Lipinski definition) is 1. The summed E-state index contributed by atoms with van der Waals surface area (Å²) in [5.41, 5.74) is 3.87. The summed E-state index contributed by atoms with van der Waals surface area (Å²) < 4.78 is 0. The molecule has 1 aromatic carbocycles. The van der Waals surface area contributed by atoms with Gasteiger partial charge in [-0.3, -0.25) is 0 Å². The third kappa shape index (κ3) is 4.67. The number of aromatic nitrogens is 1. The number of thiazole rings is 1. The predicted octanol–water partition coefficient (Wildman–Crippen LogP) is 4.65. The molecule has 0 atom stereocenters. The van der Waals surface area contributed by atoms with E-state index in [4.69, 9.17) is 0 Å². The van der Waals surface area contributed by atoms with E-state index in [1.807, 2.05) is 0 Å². The highest BCUT2D eigenvalue weighted by Gasteiger charge is 2.13. The fourth-order valence-corrected chi connectivity index (χ4v) is 2.92. The quantitative estimate of drug-likeness (QED) is 0.877. The summed E-state index contributed by atoms with van der Waals surface area (Å²) in [6, 6.07) is 8.46. The first-order valence-electron chi connectivity index (χ1n) is 6.66.